The summed E-state index contributed by atoms with van der Waals surface area (Å²) in [7, 11) is 3.41. The lowest BCUT2D eigenvalue weighted by Crippen LogP contribution is -2.40. The molecule has 144 valence electrons. The Labute approximate surface area is 166 Å². The second-order valence-electron chi connectivity index (χ2n) is 7.96. The summed E-state index contributed by atoms with van der Waals surface area (Å²) < 4.78 is 6.77. The molecule has 7 heteroatoms. The van der Waals surface area contributed by atoms with Crippen molar-refractivity contribution in [1.82, 2.24) is 14.8 Å². The summed E-state index contributed by atoms with van der Waals surface area (Å²) in [5.41, 5.74) is 2.34. The van der Waals surface area contributed by atoms with Gasteiger partial charge < -0.3 is 14.2 Å². The Kier molecular flexibility index (Phi) is 3.84. The van der Waals surface area contributed by atoms with Gasteiger partial charge in [0.05, 0.1) is 5.56 Å². The van der Waals surface area contributed by atoms with Crippen molar-refractivity contribution in [2.75, 3.05) is 20.6 Å². The molecule has 2 aliphatic heterocycles. The van der Waals surface area contributed by atoms with E-state index < -0.39 is 0 Å². The van der Waals surface area contributed by atoms with Crippen LogP contribution in [0.25, 0.3) is 10.1 Å². The van der Waals surface area contributed by atoms with Crippen molar-refractivity contribution in [3.05, 3.63) is 52.6 Å². The molecule has 0 spiro atoms. The Morgan fingerprint density at radius 2 is 2.14 bits per heavy atom. The maximum Gasteiger partial charge on any atom is 0.275 e. The number of hydrogen-bond donors (Lipinski definition) is 0. The van der Waals surface area contributed by atoms with Crippen molar-refractivity contribution in [2.45, 2.75) is 25.3 Å². The number of oxazole rings is 1. The van der Waals surface area contributed by atoms with Crippen molar-refractivity contribution in [1.29, 1.82) is 0 Å². The third-order valence-electron chi connectivity index (χ3n) is 6.03. The zero-order chi connectivity index (χ0) is 19.6. The molecule has 1 aromatic carbocycles. The highest BCUT2D eigenvalue weighted by Gasteiger charge is 2.56. The molecule has 3 fully saturated rings. The van der Waals surface area contributed by atoms with Gasteiger partial charge in [0, 0.05) is 48.1 Å². The second-order valence-corrected chi connectivity index (χ2v) is 8.87. The minimum atomic E-state index is -0.160. The third-order valence-corrected chi connectivity index (χ3v) is 6.97. The number of rotatable bonds is 3. The normalized spacial score (nSPS) is 23.1. The molecule has 1 saturated carbocycles. The Morgan fingerprint density at radius 1 is 1.32 bits per heavy atom. The van der Waals surface area contributed by atoms with E-state index in [1.807, 2.05) is 22.4 Å². The molecule has 0 radical (unpaired) electrons. The fourth-order valence-electron chi connectivity index (χ4n) is 4.56. The predicted molar refractivity (Wildman–Crippen MR) is 107 cm³/mol. The molecule has 2 bridgehead atoms. The second kappa shape index (κ2) is 6.17. The lowest BCUT2D eigenvalue weighted by Gasteiger charge is -2.35. The van der Waals surface area contributed by atoms with Crippen LogP contribution in [0.4, 0.5) is 0 Å². The molecule has 3 unspecified atom stereocenters. The molecule has 2 amide bonds. The van der Waals surface area contributed by atoms with Crippen molar-refractivity contribution in [2.24, 2.45) is 5.92 Å². The molecule has 3 aliphatic rings. The van der Waals surface area contributed by atoms with Crippen LogP contribution in [-0.2, 0) is 0 Å². The molecule has 1 aliphatic carbocycles. The van der Waals surface area contributed by atoms with E-state index in [4.69, 9.17) is 4.42 Å². The standard InChI is InChI=1S/C21H21N3O3S/c1-11-4-5-13-14(9-28-16(13)6-11)20(25)24-8-12-7-15(24)17(12)19-18(22-10-27-19)21(26)23(2)3/h4-6,9-10,12,15,17H,7-8H2,1-3H3. The molecule has 28 heavy (non-hydrogen) atoms. The molecule has 6 nitrogen and oxygen atoms in total. The van der Waals surface area contributed by atoms with Gasteiger partial charge in [0.15, 0.2) is 12.1 Å². The lowest BCUT2D eigenvalue weighted by molar-refractivity contribution is 0.0731. The molecular formula is C21H21N3O3S. The topological polar surface area (TPSA) is 66.7 Å². The molecule has 6 rings (SSSR count). The first-order valence-electron chi connectivity index (χ1n) is 9.39. The molecule has 4 heterocycles. The van der Waals surface area contributed by atoms with Gasteiger partial charge in [-0.05, 0) is 30.9 Å². The van der Waals surface area contributed by atoms with Gasteiger partial charge in [-0.1, -0.05) is 12.1 Å². The minimum absolute atomic E-state index is 0.0532. The van der Waals surface area contributed by atoms with Gasteiger partial charge in [-0.2, -0.15) is 0 Å². The van der Waals surface area contributed by atoms with Crippen LogP contribution in [-0.4, -0.2) is 53.3 Å². The summed E-state index contributed by atoms with van der Waals surface area (Å²) in [6, 6.07) is 6.28. The van der Waals surface area contributed by atoms with Crippen LogP contribution in [0, 0.1) is 12.8 Å². The largest absolute Gasteiger partial charge is 0.447 e. The van der Waals surface area contributed by atoms with Crippen LogP contribution in [0.3, 0.4) is 0 Å². The van der Waals surface area contributed by atoms with Crippen molar-refractivity contribution in [3.8, 4) is 0 Å². The van der Waals surface area contributed by atoms with E-state index in [0.717, 1.165) is 22.1 Å². The Hall–Kier alpha value is -2.67. The number of carbonyl (C=O) groups excluding carboxylic acids is 2. The summed E-state index contributed by atoms with van der Waals surface area (Å²) in [4.78, 5) is 33.3. The van der Waals surface area contributed by atoms with Gasteiger partial charge >= 0.3 is 0 Å². The Balaban J connectivity index is 1.43. The van der Waals surface area contributed by atoms with Gasteiger partial charge in [-0.25, -0.2) is 4.98 Å². The molecular weight excluding hydrogens is 374 g/mol. The maximum absolute atomic E-state index is 13.3. The van der Waals surface area contributed by atoms with Crippen LogP contribution >= 0.6 is 11.3 Å². The lowest BCUT2D eigenvalue weighted by atomic mass is 9.72. The monoisotopic (exact) mass is 395 g/mol. The predicted octanol–water partition coefficient (Wildman–Crippen LogP) is 3.53. The van der Waals surface area contributed by atoms with Gasteiger partial charge in [0.1, 0.15) is 5.76 Å². The van der Waals surface area contributed by atoms with Crippen LogP contribution in [0.2, 0.25) is 0 Å². The zero-order valence-corrected chi connectivity index (χ0v) is 16.8. The maximum atomic E-state index is 13.3. The zero-order valence-electron chi connectivity index (χ0n) is 16.0. The molecule has 3 aromatic rings. The number of carbonyl (C=O) groups is 2. The fraction of sp³-hybridized carbons (Fsp3) is 0.381. The summed E-state index contributed by atoms with van der Waals surface area (Å²) in [6.07, 6.45) is 2.29. The highest BCUT2D eigenvalue weighted by Crippen LogP contribution is 2.53. The van der Waals surface area contributed by atoms with E-state index in [-0.39, 0.29) is 23.8 Å². The first kappa shape index (κ1) is 17.4. The smallest absolute Gasteiger partial charge is 0.275 e. The van der Waals surface area contributed by atoms with Crippen LogP contribution in [0.1, 0.15) is 44.5 Å². The van der Waals surface area contributed by atoms with Gasteiger partial charge in [-0.3, -0.25) is 9.59 Å². The number of benzene rings is 1. The number of nitrogens with zero attached hydrogens (tertiary/aromatic N) is 3. The first-order chi connectivity index (χ1) is 13.5. The summed E-state index contributed by atoms with van der Waals surface area (Å²) >= 11 is 1.61. The number of hydrogen-bond acceptors (Lipinski definition) is 5. The van der Waals surface area contributed by atoms with Crippen LogP contribution in [0.15, 0.2) is 34.4 Å². The van der Waals surface area contributed by atoms with E-state index >= 15 is 0 Å². The number of aromatic nitrogens is 1. The van der Waals surface area contributed by atoms with Gasteiger partial charge in [0.25, 0.3) is 11.8 Å². The Morgan fingerprint density at radius 3 is 2.93 bits per heavy atom. The average Bonchev–Trinajstić information content (AvgIpc) is 3.42. The van der Waals surface area contributed by atoms with Crippen molar-refractivity contribution in [3.63, 3.8) is 0 Å². The quantitative estimate of drug-likeness (QED) is 0.680. The minimum Gasteiger partial charge on any atom is -0.447 e. The molecule has 3 atom stereocenters. The van der Waals surface area contributed by atoms with Crippen molar-refractivity contribution >= 4 is 33.2 Å². The van der Waals surface area contributed by atoms with E-state index in [2.05, 4.69) is 18.0 Å². The van der Waals surface area contributed by atoms with E-state index in [0.29, 0.717) is 23.9 Å². The van der Waals surface area contributed by atoms with Gasteiger partial charge in [-0.15, -0.1) is 11.3 Å². The first-order valence-corrected chi connectivity index (χ1v) is 10.3. The summed E-state index contributed by atoms with van der Waals surface area (Å²) in [6.45, 7) is 2.76. The average molecular weight is 395 g/mol. The van der Waals surface area contributed by atoms with E-state index in [9.17, 15) is 9.59 Å². The summed E-state index contributed by atoms with van der Waals surface area (Å²) in [5, 5.41) is 2.98. The highest BCUT2D eigenvalue weighted by molar-refractivity contribution is 7.17. The van der Waals surface area contributed by atoms with Crippen molar-refractivity contribution < 1.29 is 14.0 Å². The number of fused-ring (bicyclic) bond motifs is 2. The number of thiophene rings is 1. The van der Waals surface area contributed by atoms with Gasteiger partial charge in [0.2, 0.25) is 0 Å². The summed E-state index contributed by atoms with van der Waals surface area (Å²) in [5.74, 6) is 0.915. The van der Waals surface area contributed by atoms with E-state index in [1.165, 1.54) is 16.9 Å². The SMILES string of the molecule is Cc1ccc2c(C(=O)N3CC4CC3C4c3ocnc3C(=O)N(C)C)csc2c1. The van der Waals surface area contributed by atoms with Crippen LogP contribution < -0.4 is 0 Å². The highest BCUT2D eigenvalue weighted by atomic mass is 32.1. The molecule has 0 N–H and O–H groups in total. The number of amides is 2. The molecule has 2 saturated heterocycles. The van der Waals surface area contributed by atoms with Crippen LogP contribution in [0.5, 0.6) is 0 Å². The number of aryl methyl sites for hydroxylation is 1. The Bertz CT molecular complexity index is 1100. The fourth-order valence-corrected chi connectivity index (χ4v) is 5.59. The molecule has 2 aromatic heterocycles. The van der Waals surface area contributed by atoms with E-state index in [1.54, 1.807) is 25.4 Å². The third kappa shape index (κ3) is 2.42.